The number of nitrogens with zero attached hydrogens (tertiary/aromatic N) is 2. The van der Waals surface area contributed by atoms with Gasteiger partial charge in [0.05, 0.1) is 31.3 Å². The quantitative estimate of drug-likeness (QED) is 0.484. The number of cyclic esters (lactones) is 1. The lowest BCUT2D eigenvalue weighted by Gasteiger charge is -2.39. The monoisotopic (exact) mass is 508 g/mol. The van der Waals surface area contributed by atoms with Crippen LogP contribution in [0, 0.1) is 11.8 Å². The number of hydrogen-bond acceptors (Lipinski definition) is 6. The normalized spacial score (nSPS) is 33.5. The van der Waals surface area contributed by atoms with Crippen LogP contribution < -0.4 is 0 Å². The van der Waals surface area contributed by atoms with E-state index >= 15 is 0 Å². The van der Waals surface area contributed by atoms with E-state index in [2.05, 4.69) is 0 Å². The highest BCUT2D eigenvalue weighted by molar-refractivity contribution is 5.99. The summed E-state index contributed by atoms with van der Waals surface area (Å²) < 4.78 is 12.2. The van der Waals surface area contributed by atoms with E-state index in [4.69, 9.17) is 9.47 Å². The third-order valence-corrected chi connectivity index (χ3v) is 8.11. The zero-order valence-corrected chi connectivity index (χ0v) is 21.5. The largest absolute Gasteiger partial charge is 0.465 e. The highest BCUT2D eigenvalue weighted by Gasteiger charge is 2.72. The fraction of sp³-hybridized carbons (Fsp3) is 0.552. The van der Waals surface area contributed by atoms with E-state index < -0.39 is 41.6 Å². The van der Waals surface area contributed by atoms with Crippen LogP contribution in [0.3, 0.4) is 0 Å². The first-order chi connectivity index (χ1) is 17.9. The van der Waals surface area contributed by atoms with Gasteiger partial charge in [-0.2, -0.15) is 0 Å². The van der Waals surface area contributed by atoms with Crippen molar-refractivity contribution in [3.63, 3.8) is 0 Å². The van der Waals surface area contributed by atoms with Crippen molar-refractivity contribution in [2.75, 3.05) is 19.8 Å². The van der Waals surface area contributed by atoms with Gasteiger partial charge in [0, 0.05) is 12.6 Å². The van der Waals surface area contributed by atoms with Crippen LogP contribution >= 0.6 is 0 Å². The number of benzene rings is 1. The summed E-state index contributed by atoms with van der Waals surface area (Å²) in [7, 11) is 0. The number of likely N-dealkylation sites (tertiary alicyclic amines) is 1. The van der Waals surface area contributed by atoms with Crippen LogP contribution in [0.15, 0.2) is 54.6 Å². The molecule has 8 nitrogen and oxygen atoms in total. The third-order valence-electron chi connectivity index (χ3n) is 8.11. The maximum atomic E-state index is 14.3. The molecule has 2 saturated heterocycles. The first-order valence-corrected chi connectivity index (χ1v) is 13.3. The standard InChI is InChI=1S/C29H36N2O6/c1-19(2)30-15-10-14-29-24(23-22(37-29)13-8-3-4-9-16-36-28(23)35)26(33)31(25(29)27(30)34)21(18-32)17-20-11-6-5-7-12-20/h5-8,10-14,19,21-25,32H,3-4,9,15-18H2,1-2H3/b13-8-/t21-,22+,23-,24+,25?,29+/m1/s1. The van der Waals surface area contributed by atoms with Crippen molar-refractivity contribution in [1.82, 2.24) is 9.80 Å². The van der Waals surface area contributed by atoms with E-state index in [0.29, 0.717) is 19.6 Å². The second kappa shape index (κ2) is 10.4. The summed E-state index contributed by atoms with van der Waals surface area (Å²) in [6.07, 6.45) is 9.72. The SMILES string of the molecule is CC(C)N1CC=C[C@]23O[C@H]4/C=C\CCCCOC(=O)[C@H]4[C@H]2C(=O)N([C@@H](CO)Cc2ccccc2)C3C1=O. The number of esters is 1. The number of hydrogen-bond donors (Lipinski definition) is 1. The first kappa shape index (κ1) is 25.7. The van der Waals surface area contributed by atoms with Crippen LogP contribution in [0.25, 0.3) is 0 Å². The minimum absolute atomic E-state index is 0.100. The molecule has 198 valence electrons. The molecule has 0 bridgehead atoms. The number of fused-ring (bicyclic) bond motifs is 2. The number of ether oxygens (including phenoxy) is 2. The molecule has 4 aliphatic rings. The Morgan fingerprint density at radius 1 is 1.08 bits per heavy atom. The molecule has 6 atom stereocenters. The molecule has 4 heterocycles. The fourth-order valence-corrected chi connectivity index (χ4v) is 6.37. The molecule has 8 heteroatoms. The highest BCUT2D eigenvalue weighted by Crippen LogP contribution is 2.53. The molecule has 0 radical (unpaired) electrons. The van der Waals surface area contributed by atoms with Crippen molar-refractivity contribution in [3.8, 4) is 0 Å². The zero-order chi connectivity index (χ0) is 26.2. The van der Waals surface area contributed by atoms with Crippen molar-refractivity contribution < 1.29 is 29.0 Å². The van der Waals surface area contributed by atoms with E-state index in [1.54, 1.807) is 4.90 Å². The smallest absolute Gasteiger partial charge is 0.312 e. The van der Waals surface area contributed by atoms with Crippen LogP contribution in [-0.2, 0) is 30.3 Å². The van der Waals surface area contributed by atoms with Gasteiger partial charge in [0.2, 0.25) is 11.8 Å². The molecule has 2 fully saturated rings. The summed E-state index contributed by atoms with van der Waals surface area (Å²) in [5, 5.41) is 10.5. The average Bonchev–Trinajstić information content (AvgIpc) is 3.27. The number of aliphatic hydroxyl groups is 1. The number of allylic oxidation sites excluding steroid dienone is 1. The van der Waals surface area contributed by atoms with Gasteiger partial charge in [-0.1, -0.05) is 54.6 Å². The minimum Gasteiger partial charge on any atom is -0.465 e. The van der Waals surface area contributed by atoms with Gasteiger partial charge in [-0.25, -0.2) is 0 Å². The maximum absolute atomic E-state index is 14.3. The van der Waals surface area contributed by atoms with Gasteiger partial charge in [0.25, 0.3) is 0 Å². The maximum Gasteiger partial charge on any atom is 0.312 e. The van der Waals surface area contributed by atoms with Gasteiger partial charge in [0.1, 0.15) is 17.6 Å². The van der Waals surface area contributed by atoms with Crippen molar-refractivity contribution >= 4 is 17.8 Å². The molecule has 1 N–H and O–H groups in total. The van der Waals surface area contributed by atoms with E-state index in [1.165, 1.54) is 4.90 Å². The van der Waals surface area contributed by atoms with Crippen molar-refractivity contribution in [2.45, 2.75) is 69.4 Å². The van der Waals surface area contributed by atoms with Crippen LogP contribution in [0.1, 0.15) is 38.7 Å². The Hall–Kier alpha value is -2.97. The second-order valence-electron chi connectivity index (χ2n) is 10.7. The molecule has 37 heavy (non-hydrogen) atoms. The number of amides is 2. The van der Waals surface area contributed by atoms with E-state index in [1.807, 2.05) is 68.5 Å². The van der Waals surface area contributed by atoms with Gasteiger partial charge < -0.3 is 24.4 Å². The van der Waals surface area contributed by atoms with E-state index in [-0.39, 0.29) is 24.5 Å². The summed E-state index contributed by atoms with van der Waals surface area (Å²) in [4.78, 5) is 45.1. The molecular weight excluding hydrogens is 472 g/mol. The molecule has 1 aromatic carbocycles. The molecule has 1 spiro atoms. The van der Waals surface area contributed by atoms with Crippen molar-refractivity contribution in [3.05, 3.63) is 60.2 Å². The van der Waals surface area contributed by atoms with E-state index in [9.17, 15) is 19.5 Å². The van der Waals surface area contributed by atoms with Gasteiger partial charge >= 0.3 is 5.97 Å². The molecular formula is C29H36N2O6. The topological polar surface area (TPSA) is 96.4 Å². The minimum atomic E-state index is -1.32. The van der Waals surface area contributed by atoms with Crippen LogP contribution in [-0.4, -0.2) is 82.3 Å². The molecule has 0 aromatic heterocycles. The van der Waals surface area contributed by atoms with Gasteiger partial charge in [-0.15, -0.1) is 0 Å². The number of carbonyl (C=O) groups excluding carboxylic acids is 3. The number of aliphatic hydroxyl groups excluding tert-OH is 1. The molecule has 0 aliphatic carbocycles. The van der Waals surface area contributed by atoms with Crippen molar-refractivity contribution in [1.29, 1.82) is 0 Å². The molecule has 2 amide bonds. The van der Waals surface area contributed by atoms with Gasteiger partial charge in [-0.05, 0) is 45.1 Å². The lowest BCUT2D eigenvalue weighted by molar-refractivity contribution is -0.156. The summed E-state index contributed by atoms with van der Waals surface area (Å²) >= 11 is 0. The second-order valence-corrected chi connectivity index (χ2v) is 10.7. The Morgan fingerprint density at radius 2 is 1.86 bits per heavy atom. The predicted octanol–water partition coefficient (Wildman–Crippen LogP) is 2.26. The fourth-order valence-electron chi connectivity index (χ4n) is 6.37. The summed E-state index contributed by atoms with van der Waals surface area (Å²) in [6.45, 7) is 4.22. The summed E-state index contributed by atoms with van der Waals surface area (Å²) in [5.74, 6) is -2.84. The third kappa shape index (κ3) is 4.40. The molecule has 4 aliphatic heterocycles. The predicted molar refractivity (Wildman–Crippen MR) is 136 cm³/mol. The Morgan fingerprint density at radius 3 is 2.59 bits per heavy atom. The highest BCUT2D eigenvalue weighted by atomic mass is 16.6. The lowest BCUT2D eigenvalue weighted by Crippen LogP contribution is -2.59. The van der Waals surface area contributed by atoms with Crippen LogP contribution in [0.4, 0.5) is 0 Å². The molecule has 5 rings (SSSR count). The number of carbonyl (C=O) groups is 3. The average molecular weight is 509 g/mol. The zero-order valence-electron chi connectivity index (χ0n) is 21.5. The molecule has 1 unspecified atom stereocenters. The summed E-state index contributed by atoms with van der Waals surface area (Å²) in [5.41, 5.74) is -0.383. The lowest BCUT2D eigenvalue weighted by atomic mass is 9.78. The van der Waals surface area contributed by atoms with Crippen LogP contribution in [0.2, 0.25) is 0 Å². The Bertz CT molecular complexity index is 1090. The Kier molecular flexibility index (Phi) is 7.23. The number of rotatable bonds is 5. The Balaban J connectivity index is 1.62. The van der Waals surface area contributed by atoms with Crippen LogP contribution in [0.5, 0.6) is 0 Å². The molecule has 0 saturated carbocycles. The first-order valence-electron chi connectivity index (χ1n) is 13.3. The Labute approximate surface area is 217 Å². The van der Waals surface area contributed by atoms with E-state index in [0.717, 1.165) is 24.8 Å². The summed E-state index contributed by atoms with van der Waals surface area (Å²) in [6, 6.07) is 7.84. The van der Waals surface area contributed by atoms with Gasteiger partial charge in [-0.3, -0.25) is 14.4 Å². The van der Waals surface area contributed by atoms with Crippen molar-refractivity contribution in [2.24, 2.45) is 11.8 Å². The van der Waals surface area contributed by atoms with Gasteiger partial charge in [0.15, 0.2) is 0 Å². The molecule has 1 aromatic rings.